The molecule has 0 radical (unpaired) electrons. The highest BCUT2D eigenvalue weighted by Gasteiger charge is 2.04. The second-order valence-corrected chi connectivity index (χ2v) is 4.18. The molecule has 0 fully saturated rings. The number of aromatic amines is 1. The van der Waals surface area contributed by atoms with Gasteiger partial charge in [0.2, 0.25) is 0 Å². The monoisotopic (exact) mass is 214 g/mol. The molecule has 1 heterocycles. The van der Waals surface area contributed by atoms with Crippen molar-refractivity contribution in [3.63, 3.8) is 0 Å². The third-order valence-corrected chi connectivity index (χ3v) is 2.79. The van der Waals surface area contributed by atoms with Crippen molar-refractivity contribution >= 4 is 0 Å². The summed E-state index contributed by atoms with van der Waals surface area (Å²) < 4.78 is 0. The summed E-state index contributed by atoms with van der Waals surface area (Å²) in [5.74, 6) is 0. The van der Waals surface area contributed by atoms with Crippen LogP contribution < -0.4 is 5.73 Å². The smallest absolute Gasteiger partial charge is 0.0147 e. The van der Waals surface area contributed by atoms with E-state index in [9.17, 15) is 0 Å². The van der Waals surface area contributed by atoms with Gasteiger partial charge in [0.25, 0.3) is 0 Å². The van der Waals surface area contributed by atoms with Crippen molar-refractivity contribution in [2.75, 3.05) is 0 Å². The maximum atomic E-state index is 6.11. The Morgan fingerprint density at radius 3 is 2.56 bits per heavy atom. The van der Waals surface area contributed by atoms with E-state index in [4.69, 9.17) is 5.73 Å². The molecule has 1 unspecified atom stereocenters. The molecular formula is C14H18N2. The fourth-order valence-electron chi connectivity index (χ4n) is 1.88. The minimum absolute atomic E-state index is 0.241. The van der Waals surface area contributed by atoms with Crippen molar-refractivity contribution in [1.82, 2.24) is 4.98 Å². The molecule has 1 atom stereocenters. The first-order valence-electron chi connectivity index (χ1n) is 5.76. The Hall–Kier alpha value is -1.54. The van der Waals surface area contributed by atoms with Crippen LogP contribution >= 0.6 is 0 Å². The SMILES string of the molecule is NC(CCc1ccc[nH]1)Cc1ccccc1. The maximum Gasteiger partial charge on any atom is 0.0147 e. The molecule has 2 heteroatoms. The maximum absolute atomic E-state index is 6.11. The Balaban J connectivity index is 1.78. The van der Waals surface area contributed by atoms with Crippen LogP contribution in [0, 0.1) is 0 Å². The predicted octanol–water partition coefficient (Wildman–Crippen LogP) is 2.52. The van der Waals surface area contributed by atoms with Gasteiger partial charge >= 0.3 is 0 Å². The number of rotatable bonds is 5. The van der Waals surface area contributed by atoms with E-state index in [0.717, 1.165) is 19.3 Å². The van der Waals surface area contributed by atoms with Gasteiger partial charge in [0, 0.05) is 17.9 Å². The zero-order valence-electron chi connectivity index (χ0n) is 9.39. The molecule has 0 bridgehead atoms. The summed E-state index contributed by atoms with van der Waals surface area (Å²) in [4.78, 5) is 3.20. The van der Waals surface area contributed by atoms with Gasteiger partial charge in [-0.1, -0.05) is 30.3 Å². The first-order valence-corrected chi connectivity index (χ1v) is 5.76. The average Bonchev–Trinajstić information content (AvgIpc) is 2.81. The zero-order chi connectivity index (χ0) is 11.2. The van der Waals surface area contributed by atoms with Crippen molar-refractivity contribution in [2.45, 2.75) is 25.3 Å². The molecule has 3 N–H and O–H groups in total. The minimum atomic E-state index is 0.241. The lowest BCUT2D eigenvalue weighted by Gasteiger charge is -2.10. The lowest BCUT2D eigenvalue weighted by molar-refractivity contribution is 0.606. The summed E-state index contributed by atoms with van der Waals surface area (Å²) in [5.41, 5.74) is 8.70. The number of H-pyrrole nitrogens is 1. The molecule has 2 aromatic rings. The lowest BCUT2D eigenvalue weighted by atomic mass is 10.0. The molecule has 0 aliphatic heterocycles. The molecule has 84 valence electrons. The molecule has 2 nitrogen and oxygen atoms in total. The summed E-state index contributed by atoms with van der Waals surface area (Å²) in [6.07, 6.45) is 4.97. The van der Waals surface area contributed by atoms with E-state index in [1.165, 1.54) is 11.3 Å². The highest BCUT2D eigenvalue weighted by Crippen LogP contribution is 2.07. The summed E-state index contributed by atoms with van der Waals surface area (Å²) in [7, 11) is 0. The van der Waals surface area contributed by atoms with Crippen LogP contribution in [-0.2, 0) is 12.8 Å². The summed E-state index contributed by atoms with van der Waals surface area (Å²) >= 11 is 0. The van der Waals surface area contributed by atoms with E-state index >= 15 is 0 Å². The molecule has 1 aromatic carbocycles. The van der Waals surface area contributed by atoms with Crippen LogP contribution in [0.5, 0.6) is 0 Å². The van der Waals surface area contributed by atoms with Gasteiger partial charge in [-0.25, -0.2) is 0 Å². The first-order chi connectivity index (χ1) is 7.84. The van der Waals surface area contributed by atoms with Crippen molar-refractivity contribution in [3.05, 3.63) is 59.9 Å². The van der Waals surface area contributed by atoms with Gasteiger partial charge in [-0.2, -0.15) is 0 Å². The summed E-state index contributed by atoms with van der Waals surface area (Å²) in [5, 5.41) is 0. The number of aromatic nitrogens is 1. The molecule has 2 rings (SSSR count). The van der Waals surface area contributed by atoms with Gasteiger partial charge in [0.1, 0.15) is 0 Å². The van der Waals surface area contributed by atoms with Crippen molar-refractivity contribution in [1.29, 1.82) is 0 Å². The second kappa shape index (κ2) is 5.52. The van der Waals surface area contributed by atoms with Crippen LogP contribution in [0.2, 0.25) is 0 Å². The molecule has 0 saturated heterocycles. The highest BCUT2D eigenvalue weighted by molar-refractivity contribution is 5.16. The second-order valence-electron chi connectivity index (χ2n) is 4.18. The third kappa shape index (κ3) is 3.24. The highest BCUT2D eigenvalue weighted by atomic mass is 14.7. The number of hydrogen-bond donors (Lipinski definition) is 2. The Morgan fingerprint density at radius 1 is 1.06 bits per heavy atom. The van der Waals surface area contributed by atoms with Gasteiger partial charge in [-0.05, 0) is 37.0 Å². The number of hydrogen-bond acceptors (Lipinski definition) is 1. The molecule has 0 amide bonds. The summed E-state index contributed by atoms with van der Waals surface area (Å²) in [6, 6.07) is 14.8. The number of nitrogens with two attached hydrogens (primary N) is 1. The van der Waals surface area contributed by atoms with Crippen molar-refractivity contribution in [3.8, 4) is 0 Å². The third-order valence-electron chi connectivity index (χ3n) is 2.79. The molecular weight excluding hydrogens is 196 g/mol. The van der Waals surface area contributed by atoms with Gasteiger partial charge in [-0.15, -0.1) is 0 Å². The number of aryl methyl sites for hydroxylation is 1. The molecule has 16 heavy (non-hydrogen) atoms. The molecule has 0 spiro atoms. The number of benzene rings is 1. The van der Waals surface area contributed by atoms with Gasteiger partial charge in [0.15, 0.2) is 0 Å². The van der Waals surface area contributed by atoms with E-state index in [2.05, 4.69) is 35.3 Å². The Bertz CT molecular complexity index is 392. The Kier molecular flexibility index (Phi) is 3.78. The van der Waals surface area contributed by atoms with Crippen LogP contribution in [0.1, 0.15) is 17.7 Å². The lowest BCUT2D eigenvalue weighted by Crippen LogP contribution is -2.23. The van der Waals surface area contributed by atoms with E-state index in [-0.39, 0.29) is 6.04 Å². The van der Waals surface area contributed by atoms with Crippen LogP contribution in [0.4, 0.5) is 0 Å². The molecule has 0 aliphatic rings. The summed E-state index contributed by atoms with van der Waals surface area (Å²) in [6.45, 7) is 0. The van der Waals surface area contributed by atoms with Gasteiger partial charge < -0.3 is 10.7 Å². The zero-order valence-corrected chi connectivity index (χ0v) is 9.39. The fourth-order valence-corrected chi connectivity index (χ4v) is 1.88. The van der Waals surface area contributed by atoms with E-state index in [1.807, 2.05) is 18.3 Å². The minimum Gasteiger partial charge on any atom is -0.365 e. The van der Waals surface area contributed by atoms with E-state index in [1.54, 1.807) is 0 Å². The van der Waals surface area contributed by atoms with E-state index < -0.39 is 0 Å². The van der Waals surface area contributed by atoms with Crippen LogP contribution in [0.15, 0.2) is 48.7 Å². The van der Waals surface area contributed by atoms with Crippen LogP contribution in [0.25, 0.3) is 0 Å². The normalized spacial score (nSPS) is 12.6. The Morgan fingerprint density at radius 2 is 1.88 bits per heavy atom. The van der Waals surface area contributed by atoms with E-state index in [0.29, 0.717) is 0 Å². The van der Waals surface area contributed by atoms with Crippen LogP contribution in [0.3, 0.4) is 0 Å². The first kappa shape index (κ1) is 11.0. The predicted molar refractivity (Wildman–Crippen MR) is 67.2 cm³/mol. The van der Waals surface area contributed by atoms with Gasteiger partial charge in [0.05, 0.1) is 0 Å². The van der Waals surface area contributed by atoms with Crippen LogP contribution in [-0.4, -0.2) is 11.0 Å². The van der Waals surface area contributed by atoms with Crippen molar-refractivity contribution in [2.24, 2.45) is 5.73 Å². The standard InChI is InChI=1S/C14H18N2/c15-13(8-9-14-7-4-10-16-14)11-12-5-2-1-3-6-12/h1-7,10,13,16H,8-9,11,15H2. The number of nitrogens with one attached hydrogen (secondary N) is 1. The molecule has 1 aromatic heterocycles. The topological polar surface area (TPSA) is 41.8 Å². The average molecular weight is 214 g/mol. The fraction of sp³-hybridized carbons (Fsp3) is 0.286. The molecule has 0 aliphatic carbocycles. The molecule has 0 saturated carbocycles. The Labute approximate surface area is 96.5 Å². The van der Waals surface area contributed by atoms with Gasteiger partial charge in [-0.3, -0.25) is 0 Å². The quantitative estimate of drug-likeness (QED) is 0.789. The van der Waals surface area contributed by atoms with Crippen molar-refractivity contribution < 1.29 is 0 Å². The largest absolute Gasteiger partial charge is 0.365 e.